The highest BCUT2D eigenvalue weighted by Crippen LogP contribution is 2.27. The lowest BCUT2D eigenvalue weighted by Crippen LogP contribution is -2.29. The maximum atomic E-state index is 12.9. The van der Waals surface area contributed by atoms with Crippen LogP contribution in [-0.2, 0) is 4.74 Å². The van der Waals surface area contributed by atoms with Crippen LogP contribution in [0.3, 0.4) is 0 Å². The number of carbonyl (C=O) groups is 3. The summed E-state index contributed by atoms with van der Waals surface area (Å²) in [6.45, 7) is 4.24. The Labute approximate surface area is 183 Å². The first-order valence-electron chi connectivity index (χ1n) is 9.89. The summed E-state index contributed by atoms with van der Waals surface area (Å²) < 4.78 is 5.25. The summed E-state index contributed by atoms with van der Waals surface area (Å²) in [4.78, 5) is 41.9. The predicted octanol–water partition coefficient (Wildman–Crippen LogP) is 4.07. The number of hydrogen-bond acceptors (Lipinski definition) is 5. The fourth-order valence-corrected chi connectivity index (χ4v) is 2.92. The number of rotatable bonds is 8. The number of aryl methyl sites for hydroxylation is 1. The van der Waals surface area contributed by atoms with Gasteiger partial charge < -0.3 is 15.4 Å². The zero-order chi connectivity index (χ0) is 21.7. The van der Waals surface area contributed by atoms with Gasteiger partial charge in [0.05, 0.1) is 11.1 Å². The van der Waals surface area contributed by atoms with E-state index < -0.39 is 11.9 Å². The molecule has 1 unspecified atom stereocenters. The lowest BCUT2D eigenvalue weighted by atomic mass is 10.1. The smallest absolute Gasteiger partial charge is 0.339 e. The van der Waals surface area contributed by atoms with Gasteiger partial charge in [-0.25, -0.2) is 9.78 Å². The molecule has 1 aliphatic carbocycles. The highest BCUT2D eigenvalue weighted by molar-refractivity contribution is 9.09. The second kappa shape index (κ2) is 9.84. The molecule has 1 atom stereocenters. The molecule has 7 nitrogen and oxygen atoms in total. The molecular weight excluding hydrogens is 450 g/mol. The topological polar surface area (TPSA) is 97.4 Å². The SMILES string of the molecule is CCC(Br)OC(=O)c1cccc(NC(=O)c2ccc(C)nc2C(=O)NCC2CC2)c1. The average molecular weight is 474 g/mol. The van der Waals surface area contributed by atoms with E-state index in [-0.39, 0.29) is 22.2 Å². The van der Waals surface area contributed by atoms with Crippen molar-refractivity contribution in [2.45, 2.75) is 38.1 Å². The average Bonchev–Trinajstić information content (AvgIpc) is 3.56. The Morgan fingerprint density at radius 2 is 1.97 bits per heavy atom. The lowest BCUT2D eigenvalue weighted by molar-refractivity contribution is 0.0464. The van der Waals surface area contributed by atoms with Crippen molar-refractivity contribution in [2.24, 2.45) is 5.92 Å². The monoisotopic (exact) mass is 473 g/mol. The molecule has 30 heavy (non-hydrogen) atoms. The molecule has 0 spiro atoms. The number of amides is 2. The molecule has 3 rings (SSSR count). The summed E-state index contributed by atoms with van der Waals surface area (Å²) in [5.41, 5.74) is 1.65. The van der Waals surface area contributed by atoms with Gasteiger partial charge in [-0.05, 0) is 78.4 Å². The second-order valence-electron chi connectivity index (χ2n) is 7.26. The number of pyridine rings is 1. The highest BCUT2D eigenvalue weighted by atomic mass is 79.9. The van der Waals surface area contributed by atoms with Gasteiger partial charge in [-0.2, -0.15) is 0 Å². The Balaban J connectivity index is 1.75. The molecule has 0 radical (unpaired) electrons. The minimum absolute atomic E-state index is 0.0915. The molecule has 1 heterocycles. The summed E-state index contributed by atoms with van der Waals surface area (Å²) in [5, 5.41) is 5.21. The number of nitrogens with one attached hydrogen (secondary N) is 2. The van der Waals surface area contributed by atoms with Gasteiger partial charge in [0.25, 0.3) is 11.8 Å². The van der Waals surface area contributed by atoms with Crippen LogP contribution in [0.2, 0.25) is 0 Å². The molecule has 1 aromatic carbocycles. The molecule has 2 amide bonds. The summed E-state index contributed by atoms with van der Waals surface area (Å²) in [6, 6.07) is 9.72. The summed E-state index contributed by atoms with van der Waals surface area (Å²) >= 11 is 3.26. The van der Waals surface area contributed by atoms with Gasteiger partial charge in [0.1, 0.15) is 5.69 Å². The zero-order valence-electron chi connectivity index (χ0n) is 16.9. The fourth-order valence-electron chi connectivity index (χ4n) is 2.75. The number of ether oxygens (including phenoxy) is 1. The number of alkyl halides is 1. The Morgan fingerprint density at radius 1 is 1.20 bits per heavy atom. The molecule has 0 saturated heterocycles. The molecule has 0 bridgehead atoms. The van der Waals surface area contributed by atoms with Gasteiger partial charge in [-0.1, -0.05) is 13.0 Å². The number of aromatic nitrogens is 1. The molecule has 8 heteroatoms. The van der Waals surface area contributed by atoms with E-state index in [9.17, 15) is 14.4 Å². The molecule has 1 saturated carbocycles. The molecule has 1 aliphatic rings. The minimum atomic E-state index is -0.494. The van der Waals surface area contributed by atoms with Gasteiger partial charge in [0.2, 0.25) is 0 Å². The Bertz CT molecular complexity index is 959. The molecule has 158 valence electrons. The van der Waals surface area contributed by atoms with Crippen molar-refractivity contribution in [3.8, 4) is 0 Å². The lowest BCUT2D eigenvalue weighted by Gasteiger charge is -2.12. The molecule has 0 aliphatic heterocycles. The van der Waals surface area contributed by atoms with Crippen molar-refractivity contribution >= 4 is 39.4 Å². The summed E-state index contributed by atoms with van der Waals surface area (Å²) in [5.74, 6) is -0.815. The van der Waals surface area contributed by atoms with E-state index in [0.717, 1.165) is 12.8 Å². The van der Waals surface area contributed by atoms with Gasteiger partial charge in [0, 0.05) is 17.9 Å². The minimum Gasteiger partial charge on any atom is -0.447 e. The maximum absolute atomic E-state index is 12.9. The van der Waals surface area contributed by atoms with E-state index in [2.05, 4.69) is 31.5 Å². The number of nitrogens with zero attached hydrogens (tertiary/aromatic N) is 1. The van der Waals surface area contributed by atoms with Crippen LogP contribution < -0.4 is 10.6 Å². The fraction of sp³-hybridized carbons (Fsp3) is 0.364. The van der Waals surface area contributed by atoms with Crippen LogP contribution in [0.25, 0.3) is 0 Å². The van der Waals surface area contributed by atoms with E-state index in [4.69, 9.17) is 4.74 Å². The van der Waals surface area contributed by atoms with Gasteiger partial charge in [-0.15, -0.1) is 0 Å². The number of hydrogen-bond donors (Lipinski definition) is 2. The predicted molar refractivity (Wildman–Crippen MR) is 117 cm³/mol. The van der Waals surface area contributed by atoms with E-state index in [1.807, 2.05) is 6.92 Å². The molecule has 2 N–H and O–H groups in total. The van der Waals surface area contributed by atoms with Crippen LogP contribution in [0.15, 0.2) is 36.4 Å². The third-order valence-corrected chi connectivity index (χ3v) is 5.49. The van der Waals surface area contributed by atoms with Crippen molar-refractivity contribution in [1.82, 2.24) is 10.3 Å². The van der Waals surface area contributed by atoms with E-state index in [0.29, 0.717) is 35.8 Å². The number of carbonyl (C=O) groups excluding carboxylic acids is 3. The summed E-state index contributed by atoms with van der Waals surface area (Å²) in [7, 11) is 0. The quantitative estimate of drug-likeness (QED) is 0.444. The third-order valence-electron chi connectivity index (χ3n) is 4.65. The zero-order valence-corrected chi connectivity index (χ0v) is 18.5. The highest BCUT2D eigenvalue weighted by Gasteiger charge is 2.24. The van der Waals surface area contributed by atoms with E-state index in [1.54, 1.807) is 37.3 Å². The van der Waals surface area contributed by atoms with Crippen molar-refractivity contribution in [3.05, 3.63) is 58.9 Å². The van der Waals surface area contributed by atoms with Crippen molar-refractivity contribution in [2.75, 3.05) is 11.9 Å². The molecular formula is C22H24BrN3O4. The van der Waals surface area contributed by atoms with E-state index in [1.165, 1.54) is 6.07 Å². The second-order valence-corrected chi connectivity index (χ2v) is 8.28. The number of esters is 1. The molecule has 1 aromatic heterocycles. The Morgan fingerprint density at radius 3 is 2.67 bits per heavy atom. The van der Waals surface area contributed by atoms with Crippen LogP contribution >= 0.6 is 15.9 Å². The van der Waals surface area contributed by atoms with E-state index >= 15 is 0 Å². The van der Waals surface area contributed by atoms with Crippen LogP contribution in [0.5, 0.6) is 0 Å². The van der Waals surface area contributed by atoms with Crippen LogP contribution in [0, 0.1) is 12.8 Å². The standard InChI is InChI=1S/C22H24BrN3O4/c1-3-18(23)30-22(29)15-5-4-6-16(11-15)26-20(27)17-10-7-13(2)25-19(17)21(28)24-12-14-8-9-14/h4-7,10-11,14,18H,3,8-9,12H2,1-2H3,(H,24,28)(H,26,27). The first-order valence-corrected chi connectivity index (χ1v) is 10.8. The molecule has 1 fully saturated rings. The van der Waals surface area contributed by atoms with Crippen LogP contribution in [0.4, 0.5) is 5.69 Å². The Hall–Kier alpha value is -2.74. The maximum Gasteiger partial charge on any atom is 0.339 e. The van der Waals surface area contributed by atoms with Crippen LogP contribution in [-0.4, -0.2) is 34.3 Å². The number of anilines is 1. The third kappa shape index (κ3) is 5.89. The first-order chi connectivity index (χ1) is 14.4. The number of benzene rings is 1. The first kappa shape index (κ1) is 22.0. The van der Waals surface area contributed by atoms with Gasteiger partial charge in [-0.3, -0.25) is 9.59 Å². The van der Waals surface area contributed by atoms with Crippen molar-refractivity contribution in [3.63, 3.8) is 0 Å². The molecule has 2 aromatic rings. The summed E-state index contributed by atoms with van der Waals surface area (Å²) in [6.07, 6.45) is 2.86. The van der Waals surface area contributed by atoms with Crippen LogP contribution in [0.1, 0.15) is 63.1 Å². The van der Waals surface area contributed by atoms with Gasteiger partial charge in [0.15, 0.2) is 5.01 Å². The number of halogens is 1. The van der Waals surface area contributed by atoms with Crippen molar-refractivity contribution in [1.29, 1.82) is 0 Å². The van der Waals surface area contributed by atoms with Gasteiger partial charge >= 0.3 is 5.97 Å². The normalized spacial score (nSPS) is 14.0. The largest absolute Gasteiger partial charge is 0.447 e. The Kier molecular flexibility index (Phi) is 7.20. The van der Waals surface area contributed by atoms with Crippen molar-refractivity contribution < 1.29 is 19.1 Å².